The summed E-state index contributed by atoms with van der Waals surface area (Å²) in [5, 5.41) is 10.8. The highest BCUT2D eigenvalue weighted by molar-refractivity contribution is 5.92. The van der Waals surface area contributed by atoms with Crippen molar-refractivity contribution in [2.24, 2.45) is 34.5 Å². The van der Waals surface area contributed by atoms with Gasteiger partial charge in [-0.05, 0) is 61.9 Å². The lowest BCUT2D eigenvalue weighted by Crippen LogP contribution is -2.58. The quantitative estimate of drug-likeness (QED) is 0.746. The first-order valence-electron chi connectivity index (χ1n) is 9.21. The van der Waals surface area contributed by atoms with E-state index in [2.05, 4.69) is 20.8 Å². The van der Waals surface area contributed by atoms with Crippen molar-refractivity contribution in [1.82, 2.24) is 0 Å². The average Bonchev–Trinajstić information content (AvgIpc) is 2.78. The van der Waals surface area contributed by atoms with Gasteiger partial charge in [-0.15, -0.1) is 0 Å². The van der Waals surface area contributed by atoms with Crippen molar-refractivity contribution in [3.8, 4) is 0 Å². The summed E-state index contributed by atoms with van der Waals surface area (Å²) >= 11 is 0. The van der Waals surface area contributed by atoms with E-state index in [1.807, 2.05) is 6.08 Å². The van der Waals surface area contributed by atoms with Crippen molar-refractivity contribution in [3.63, 3.8) is 0 Å². The lowest BCUT2D eigenvalue weighted by Gasteiger charge is -2.60. The third-order valence-electron chi connectivity index (χ3n) is 8.31. The van der Waals surface area contributed by atoms with Gasteiger partial charge in [0.15, 0.2) is 5.78 Å². The predicted octanol–water partition coefficient (Wildman–Crippen LogP) is 3.30. The van der Waals surface area contributed by atoms with Crippen molar-refractivity contribution in [1.29, 1.82) is 0 Å². The van der Waals surface area contributed by atoms with Crippen molar-refractivity contribution in [2.75, 3.05) is 0 Å². The molecule has 3 fully saturated rings. The third-order valence-corrected chi connectivity index (χ3v) is 8.31. The minimum Gasteiger partial charge on any atom is -0.393 e. The van der Waals surface area contributed by atoms with Crippen LogP contribution in [0.1, 0.15) is 59.3 Å². The SMILES string of the molecule is CC1=CC(=O)C[C@@H]2[C@H](O)C[C@@H]3[C@H](CC[C@]4(C)C(=O)CC[C@@H]34)[C@@]12C. The molecule has 3 heteroatoms. The fraction of sp³-hybridized carbons (Fsp3) is 0.800. The Balaban J connectivity index is 1.77. The molecule has 0 saturated heterocycles. The predicted molar refractivity (Wildman–Crippen MR) is 87.7 cm³/mol. The van der Waals surface area contributed by atoms with Crippen molar-refractivity contribution < 1.29 is 14.7 Å². The molecule has 0 heterocycles. The number of allylic oxidation sites excluding steroid dienone is 2. The minimum absolute atomic E-state index is 0.0581. The lowest BCUT2D eigenvalue weighted by atomic mass is 9.44. The number of carbonyl (C=O) groups excluding carboxylic acids is 2. The second-order valence-corrected chi connectivity index (χ2v) is 8.98. The first-order valence-corrected chi connectivity index (χ1v) is 9.21. The van der Waals surface area contributed by atoms with Crippen LogP contribution in [-0.4, -0.2) is 22.8 Å². The number of aliphatic hydroxyl groups excluding tert-OH is 1. The van der Waals surface area contributed by atoms with Crippen LogP contribution in [0.2, 0.25) is 0 Å². The summed E-state index contributed by atoms with van der Waals surface area (Å²) in [5.41, 5.74) is 0.912. The molecule has 1 N–H and O–H groups in total. The highest BCUT2D eigenvalue weighted by Gasteiger charge is 2.62. The summed E-state index contributed by atoms with van der Waals surface area (Å²) in [7, 11) is 0. The normalized spacial score (nSPS) is 52.5. The van der Waals surface area contributed by atoms with Gasteiger partial charge in [-0.25, -0.2) is 0 Å². The molecule has 4 aliphatic carbocycles. The fourth-order valence-electron chi connectivity index (χ4n) is 6.86. The number of rotatable bonds is 0. The van der Waals surface area contributed by atoms with E-state index >= 15 is 0 Å². The van der Waals surface area contributed by atoms with Crippen LogP contribution in [0, 0.1) is 34.5 Å². The Bertz CT molecular complexity index is 606. The summed E-state index contributed by atoms with van der Waals surface area (Å²) < 4.78 is 0. The maximum Gasteiger partial charge on any atom is 0.156 e. The maximum atomic E-state index is 12.4. The fourth-order valence-corrected chi connectivity index (χ4v) is 6.86. The van der Waals surface area contributed by atoms with Gasteiger partial charge in [0.05, 0.1) is 6.10 Å². The Labute approximate surface area is 138 Å². The van der Waals surface area contributed by atoms with Crippen LogP contribution in [0.4, 0.5) is 0 Å². The van der Waals surface area contributed by atoms with Crippen LogP contribution in [0.25, 0.3) is 0 Å². The van der Waals surface area contributed by atoms with E-state index in [0.717, 1.165) is 31.3 Å². The van der Waals surface area contributed by atoms with Gasteiger partial charge < -0.3 is 5.11 Å². The Kier molecular flexibility index (Phi) is 3.23. The summed E-state index contributed by atoms with van der Waals surface area (Å²) in [4.78, 5) is 24.5. The van der Waals surface area contributed by atoms with Gasteiger partial charge in [0, 0.05) is 24.2 Å². The van der Waals surface area contributed by atoms with Crippen LogP contribution in [0.5, 0.6) is 0 Å². The Morgan fingerprint density at radius 3 is 2.61 bits per heavy atom. The van der Waals surface area contributed by atoms with E-state index in [-0.39, 0.29) is 22.5 Å². The number of Topliss-reactive ketones (excluding diaryl/α,β-unsaturated/α-hetero) is 1. The first kappa shape index (κ1) is 15.6. The smallest absolute Gasteiger partial charge is 0.156 e. The Hall–Kier alpha value is -0.960. The highest BCUT2D eigenvalue weighted by atomic mass is 16.3. The molecule has 0 spiro atoms. The van der Waals surface area contributed by atoms with E-state index in [1.165, 1.54) is 0 Å². The third kappa shape index (κ3) is 1.86. The molecule has 126 valence electrons. The largest absolute Gasteiger partial charge is 0.393 e. The van der Waals surface area contributed by atoms with Crippen molar-refractivity contribution in [2.45, 2.75) is 65.4 Å². The van der Waals surface area contributed by atoms with Crippen LogP contribution in [-0.2, 0) is 9.59 Å². The number of fused-ring (bicyclic) bond motifs is 5. The molecular formula is C20H28O3. The number of hydrogen-bond donors (Lipinski definition) is 1. The molecule has 23 heavy (non-hydrogen) atoms. The number of ketones is 2. The second kappa shape index (κ2) is 4.78. The van der Waals surface area contributed by atoms with E-state index in [0.29, 0.717) is 36.4 Å². The van der Waals surface area contributed by atoms with Gasteiger partial charge in [0.1, 0.15) is 5.78 Å². The second-order valence-electron chi connectivity index (χ2n) is 8.98. The summed E-state index contributed by atoms with van der Waals surface area (Å²) in [6.07, 6.45) is 6.42. The molecule has 3 nitrogen and oxygen atoms in total. The van der Waals surface area contributed by atoms with Gasteiger partial charge in [0.2, 0.25) is 0 Å². The average molecular weight is 316 g/mol. The van der Waals surface area contributed by atoms with E-state index in [4.69, 9.17) is 0 Å². The molecule has 0 aromatic heterocycles. The van der Waals surface area contributed by atoms with Crippen LogP contribution in [0.15, 0.2) is 11.6 Å². The van der Waals surface area contributed by atoms with Crippen molar-refractivity contribution >= 4 is 11.6 Å². The number of hydrogen-bond acceptors (Lipinski definition) is 3. The first-order chi connectivity index (χ1) is 10.8. The van der Waals surface area contributed by atoms with Crippen LogP contribution in [0.3, 0.4) is 0 Å². The molecule has 4 aliphatic rings. The van der Waals surface area contributed by atoms with Crippen LogP contribution >= 0.6 is 0 Å². The van der Waals surface area contributed by atoms with Gasteiger partial charge in [0.25, 0.3) is 0 Å². The molecule has 3 saturated carbocycles. The zero-order valence-electron chi connectivity index (χ0n) is 14.5. The molecule has 4 rings (SSSR count). The Morgan fingerprint density at radius 1 is 1.13 bits per heavy atom. The molecule has 0 radical (unpaired) electrons. The van der Waals surface area contributed by atoms with E-state index in [1.54, 1.807) is 0 Å². The van der Waals surface area contributed by atoms with Crippen molar-refractivity contribution in [3.05, 3.63) is 11.6 Å². The Morgan fingerprint density at radius 2 is 1.87 bits per heavy atom. The summed E-state index contributed by atoms with van der Waals surface area (Å²) in [5.74, 6) is 2.01. The lowest BCUT2D eigenvalue weighted by molar-refractivity contribution is -0.148. The van der Waals surface area contributed by atoms with Gasteiger partial charge in [-0.2, -0.15) is 0 Å². The van der Waals surface area contributed by atoms with Gasteiger partial charge in [-0.3, -0.25) is 9.59 Å². The highest BCUT2D eigenvalue weighted by Crippen LogP contribution is 2.65. The minimum atomic E-state index is -0.410. The number of aliphatic hydroxyl groups is 1. The molecule has 0 amide bonds. The monoisotopic (exact) mass is 316 g/mol. The molecule has 0 bridgehead atoms. The van der Waals surface area contributed by atoms with Crippen LogP contribution < -0.4 is 0 Å². The maximum absolute atomic E-state index is 12.4. The topological polar surface area (TPSA) is 54.4 Å². The van der Waals surface area contributed by atoms with E-state index in [9.17, 15) is 14.7 Å². The summed E-state index contributed by atoms with van der Waals surface area (Å²) in [6.45, 7) is 6.51. The molecule has 0 aromatic carbocycles. The van der Waals surface area contributed by atoms with Gasteiger partial charge in [-0.1, -0.05) is 19.4 Å². The molecular weight excluding hydrogens is 288 g/mol. The molecule has 0 aliphatic heterocycles. The molecule has 0 aromatic rings. The zero-order chi connectivity index (χ0) is 16.6. The molecule has 0 unspecified atom stereocenters. The van der Waals surface area contributed by atoms with E-state index < -0.39 is 6.10 Å². The zero-order valence-corrected chi connectivity index (χ0v) is 14.5. The molecule has 7 atom stereocenters. The number of carbonyl (C=O) groups is 2. The standard InChI is InChI=1S/C20H28O3/c1-11-8-12(21)9-16-17(22)10-13-14-4-5-18(23)19(14,2)7-6-15(13)20(11,16)3/h8,13-17,22H,4-7,9-10H2,1-3H3/t13-,14-,15-,16+,17+,19-,20+/m0/s1. The van der Waals surface area contributed by atoms with Gasteiger partial charge >= 0.3 is 0 Å². The summed E-state index contributed by atoms with van der Waals surface area (Å²) in [6, 6.07) is 0.